The smallest absolute Gasteiger partial charge is 0.216 e. The molecule has 0 aromatic rings. The quantitative estimate of drug-likeness (QED) is 0.516. The second-order valence-corrected chi connectivity index (χ2v) is 4.39. The monoisotopic (exact) mass is 150 g/mol. The van der Waals surface area contributed by atoms with Crippen LogP contribution in [0, 0.1) is 0 Å². The van der Waals surface area contributed by atoms with Crippen molar-refractivity contribution in [3.63, 3.8) is 0 Å². The standard InChI is InChI=1S/C4H10N2O2S/c5-3-4(1-2-4)9(6,7)8/h1-3,5H2,(H2,6,7,8). The number of nitrogens with two attached hydrogens (primary N) is 2. The highest BCUT2D eigenvalue weighted by Crippen LogP contribution is 2.40. The molecule has 0 aromatic heterocycles. The molecule has 1 aliphatic carbocycles. The lowest BCUT2D eigenvalue weighted by Crippen LogP contribution is -2.36. The summed E-state index contributed by atoms with van der Waals surface area (Å²) in [6, 6.07) is 0. The molecule has 0 unspecified atom stereocenters. The zero-order chi connectivity index (χ0) is 7.12. The van der Waals surface area contributed by atoms with Crippen molar-refractivity contribution in [1.29, 1.82) is 0 Å². The van der Waals surface area contributed by atoms with Gasteiger partial charge in [-0.3, -0.25) is 0 Å². The van der Waals surface area contributed by atoms with Crippen LogP contribution in [0.5, 0.6) is 0 Å². The van der Waals surface area contributed by atoms with Crippen LogP contribution >= 0.6 is 0 Å². The van der Waals surface area contributed by atoms with E-state index >= 15 is 0 Å². The van der Waals surface area contributed by atoms with Crippen molar-refractivity contribution in [1.82, 2.24) is 0 Å². The fourth-order valence-electron chi connectivity index (χ4n) is 0.744. The van der Waals surface area contributed by atoms with E-state index in [-0.39, 0.29) is 6.54 Å². The Balaban J connectivity index is 2.85. The zero-order valence-electron chi connectivity index (χ0n) is 5.00. The van der Waals surface area contributed by atoms with Crippen LogP contribution < -0.4 is 10.9 Å². The molecule has 9 heavy (non-hydrogen) atoms. The van der Waals surface area contributed by atoms with Gasteiger partial charge < -0.3 is 5.73 Å². The first-order valence-corrected chi connectivity index (χ1v) is 4.29. The lowest BCUT2D eigenvalue weighted by molar-refractivity contribution is 0.579. The Bertz CT molecular complexity index is 205. The first kappa shape index (κ1) is 6.98. The summed E-state index contributed by atoms with van der Waals surface area (Å²) in [4.78, 5) is 0. The second kappa shape index (κ2) is 1.68. The number of primary sulfonamides is 1. The highest BCUT2D eigenvalue weighted by molar-refractivity contribution is 7.90. The minimum Gasteiger partial charge on any atom is -0.329 e. The van der Waals surface area contributed by atoms with Crippen molar-refractivity contribution in [2.45, 2.75) is 17.6 Å². The summed E-state index contributed by atoms with van der Waals surface area (Å²) in [5, 5.41) is 4.88. The maximum atomic E-state index is 10.6. The average Bonchev–Trinajstić information content (AvgIpc) is 2.40. The summed E-state index contributed by atoms with van der Waals surface area (Å²) >= 11 is 0. The molecule has 0 spiro atoms. The Morgan fingerprint density at radius 2 is 1.89 bits per heavy atom. The minimum absolute atomic E-state index is 0.159. The molecule has 0 atom stereocenters. The van der Waals surface area contributed by atoms with Gasteiger partial charge in [0.15, 0.2) is 0 Å². The van der Waals surface area contributed by atoms with Crippen molar-refractivity contribution in [3.8, 4) is 0 Å². The fraction of sp³-hybridized carbons (Fsp3) is 1.00. The predicted octanol–water partition coefficient (Wildman–Crippen LogP) is -1.23. The van der Waals surface area contributed by atoms with Crippen LogP contribution in [0.15, 0.2) is 0 Å². The van der Waals surface area contributed by atoms with E-state index in [1.807, 2.05) is 0 Å². The summed E-state index contributed by atoms with van der Waals surface area (Å²) in [6.07, 6.45) is 1.25. The van der Waals surface area contributed by atoms with Crippen LogP contribution in [0.3, 0.4) is 0 Å². The summed E-state index contributed by atoms with van der Waals surface area (Å²) < 4.78 is 20.5. The number of sulfonamides is 1. The third-order valence-electron chi connectivity index (χ3n) is 1.78. The van der Waals surface area contributed by atoms with Crippen LogP contribution in [0.1, 0.15) is 12.8 Å². The first-order valence-electron chi connectivity index (χ1n) is 2.74. The van der Waals surface area contributed by atoms with E-state index in [2.05, 4.69) is 0 Å². The van der Waals surface area contributed by atoms with Gasteiger partial charge >= 0.3 is 0 Å². The largest absolute Gasteiger partial charge is 0.329 e. The topological polar surface area (TPSA) is 86.2 Å². The Hall–Kier alpha value is -0.130. The van der Waals surface area contributed by atoms with Gasteiger partial charge in [0, 0.05) is 6.54 Å². The lowest BCUT2D eigenvalue weighted by atomic mass is 10.4. The third-order valence-corrected chi connectivity index (χ3v) is 3.57. The molecular weight excluding hydrogens is 140 g/mol. The van der Waals surface area contributed by atoms with Gasteiger partial charge in [-0.25, -0.2) is 13.6 Å². The van der Waals surface area contributed by atoms with Gasteiger partial charge in [0.05, 0.1) is 4.75 Å². The fourth-order valence-corrected chi connectivity index (χ4v) is 1.65. The molecular formula is C4H10N2O2S. The Labute approximate surface area is 54.3 Å². The molecule has 0 heterocycles. The highest BCUT2D eigenvalue weighted by Gasteiger charge is 2.51. The van der Waals surface area contributed by atoms with Crippen molar-refractivity contribution in [2.75, 3.05) is 6.54 Å². The van der Waals surface area contributed by atoms with Crippen LogP contribution in [-0.2, 0) is 10.0 Å². The number of rotatable bonds is 2. The van der Waals surface area contributed by atoms with Crippen LogP contribution in [0.25, 0.3) is 0 Å². The van der Waals surface area contributed by atoms with Gasteiger partial charge in [0.1, 0.15) is 0 Å². The van der Waals surface area contributed by atoms with Gasteiger partial charge in [-0.2, -0.15) is 0 Å². The van der Waals surface area contributed by atoms with Gasteiger partial charge in [0.2, 0.25) is 10.0 Å². The Morgan fingerprint density at radius 1 is 1.44 bits per heavy atom. The molecule has 4 nitrogen and oxygen atoms in total. The van der Waals surface area contributed by atoms with Crippen LogP contribution in [-0.4, -0.2) is 19.7 Å². The van der Waals surface area contributed by atoms with Gasteiger partial charge in [-0.05, 0) is 12.8 Å². The van der Waals surface area contributed by atoms with E-state index < -0.39 is 14.8 Å². The highest BCUT2D eigenvalue weighted by atomic mass is 32.2. The molecule has 0 saturated heterocycles. The summed E-state index contributed by atoms with van der Waals surface area (Å²) in [5.74, 6) is 0. The zero-order valence-corrected chi connectivity index (χ0v) is 5.82. The van der Waals surface area contributed by atoms with E-state index in [0.29, 0.717) is 12.8 Å². The molecule has 0 amide bonds. The average molecular weight is 150 g/mol. The van der Waals surface area contributed by atoms with Crippen molar-refractivity contribution in [2.24, 2.45) is 10.9 Å². The van der Waals surface area contributed by atoms with Crippen LogP contribution in [0.2, 0.25) is 0 Å². The second-order valence-electron chi connectivity index (χ2n) is 2.43. The van der Waals surface area contributed by atoms with E-state index in [9.17, 15) is 8.42 Å². The maximum Gasteiger partial charge on any atom is 0.216 e. The Morgan fingerprint density at radius 3 is 1.89 bits per heavy atom. The van der Waals surface area contributed by atoms with Gasteiger partial charge in [0.25, 0.3) is 0 Å². The van der Waals surface area contributed by atoms with Crippen molar-refractivity contribution in [3.05, 3.63) is 0 Å². The molecule has 5 heteroatoms. The van der Waals surface area contributed by atoms with E-state index in [1.54, 1.807) is 0 Å². The molecule has 54 valence electrons. The van der Waals surface area contributed by atoms with Gasteiger partial charge in [-0.1, -0.05) is 0 Å². The molecule has 1 fully saturated rings. The Kier molecular flexibility index (Phi) is 1.30. The van der Waals surface area contributed by atoms with Gasteiger partial charge in [-0.15, -0.1) is 0 Å². The van der Waals surface area contributed by atoms with Crippen molar-refractivity contribution < 1.29 is 8.42 Å². The molecule has 0 bridgehead atoms. The SMILES string of the molecule is NCC1(S(N)(=O)=O)CC1. The van der Waals surface area contributed by atoms with E-state index in [1.165, 1.54) is 0 Å². The molecule has 0 aromatic carbocycles. The van der Waals surface area contributed by atoms with E-state index in [0.717, 1.165) is 0 Å². The molecule has 0 aliphatic heterocycles. The third kappa shape index (κ3) is 0.953. The normalized spacial score (nSPS) is 23.8. The number of hydrogen-bond donors (Lipinski definition) is 2. The predicted molar refractivity (Wildman–Crippen MR) is 34.1 cm³/mol. The summed E-state index contributed by atoms with van der Waals surface area (Å²) in [7, 11) is -3.37. The summed E-state index contributed by atoms with van der Waals surface area (Å²) in [6.45, 7) is 0.159. The minimum atomic E-state index is -3.37. The first-order chi connectivity index (χ1) is 4.02. The molecule has 0 radical (unpaired) electrons. The molecule has 4 N–H and O–H groups in total. The number of hydrogen-bond acceptors (Lipinski definition) is 3. The van der Waals surface area contributed by atoms with E-state index in [4.69, 9.17) is 10.9 Å². The molecule has 1 aliphatic rings. The van der Waals surface area contributed by atoms with Crippen molar-refractivity contribution >= 4 is 10.0 Å². The summed E-state index contributed by atoms with van der Waals surface area (Å²) in [5.41, 5.74) is 5.20. The molecule has 1 saturated carbocycles. The lowest BCUT2D eigenvalue weighted by Gasteiger charge is -2.06. The maximum absolute atomic E-state index is 10.6. The molecule has 1 rings (SSSR count). The van der Waals surface area contributed by atoms with Crippen LogP contribution in [0.4, 0.5) is 0 Å².